The number of nitrogens with zero attached hydrogens (tertiary/aromatic N) is 7. The zero-order valence-electron chi connectivity index (χ0n) is 17.8. The fraction of sp³-hybridized carbons (Fsp3) is 0.545. The molecule has 5 rings (SSSR count). The van der Waals surface area contributed by atoms with Gasteiger partial charge in [-0.1, -0.05) is 0 Å². The minimum atomic E-state index is -0.354. The van der Waals surface area contributed by atoms with E-state index in [4.69, 9.17) is 9.97 Å². The average molecular weight is 424 g/mol. The molecule has 0 radical (unpaired) electrons. The van der Waals surface area contributed by atoms with E-state index in [0.29, 0.717) is 0 Å². The smallest absolute Gasteiger partial charge is 0.269 e. The van der Waals surface area contributed by atoms with E-state index in [9.17, 15) is 10.1 Å². The number of aromatic nitrogens is 2. The molecule has 0 unspecified atom stereocenters. The fourth-order valence-electron chi connectivity index (χ4n) is 4.72. The lowest BCUT2D eigenvalue weighted by atomic mass is 10.2. The number of hydrogen-bond acceptors (Lipinski definition) is 8. The molecule has 9 heteroatoms. The van der Waals surface area contributed by atoms with Crippen molar-refractivity contribution in [2.75, 3.05) is 72.0 Å². The van der Waals surface area contributed by atoms with Crippen LogP contribution in [0.4, 0.5) is 29.0 Å². The summed E-state index contributed by atoms with van der Waals surface area (Å²) in [5.74, 6) is 2.94. The molecule has 164 valence electrons. The van der Waals surface area contributed by atoms with Crippen molar-refractivity contribution in [1.82, 2.24) is 9.97 Å². The Morgan fingerprint density at radius 1 is 0.677 bits per heavy atom. The van der Waals surface area contributed by atoms with E-state index in [1.54, 1.807) is 12.1 Å². The highest BCUT2D eigenvalue weighted by atomic mass is 16.6. The first-order chi connectivity index (χ1) is 15.2. The number of piperazine rings is 1. The fourth-order valence-corrected chi connectivity index (χ4v) is 4.72. The number of hydrogen-bond donors (Lipinski definition) is 0. The molecule has 3 aliphatic rings. The number of nitro groups is 1. The topological polar surface area (TPSA) is 81.9 Å². The number of anilines is 4. The molecule has 1 aromatic carbocycles. The van der Waals surface area contributed by atoms with Crippen molar-refractivity contribution < 1.29 is 4.92 Å². The van der Waals surface area contributed by atoms with Gasteiger partial charge in [0.15, 0.2) is 0 Å². The van der Waals surface area contributed by atoms with E-state index in [1.165, 1.54) is 25.7 Å². The second-order valence-corrected chi connectivity index (χ2v) is 8.52. The van der Waals surface area contributed by atoms with Crippen LogP contribution in [0.25, 0.3) is 0 Å². The highest BCUT2D eigenvalue weighted by Gasteiger charge is 2.24. The normalized spacial score (nSPS) is 19.4. The molecule has 3 aliphatic heterocycles. The first-order valence-electron chi connectivity index (χ1n) is 11.3. The average Bonchev–Trinajstić information content (AvgIpc) is 3.54. The highest BCUT2D eigenvalue weighted by molar-refractivity contribution is 5.58. The molecule has 0 N–H and O–H groups in total. The van der Waals surface area contributed by atoms with Crippen LogP contribution in [-0.4, -0.2) is 67.2 Å². The van der Waals surface area contributed by atoms with Crippen molar-refractivity contribution in [3.63, 3.8) is 0 Å². The Labute approximate surface area is 182 Å². The van der Waals surface area contributed by atoms with Crippen molar-refractivity contribution >= 4 is 29.0 Å². The van der Waals surface area contributed by atoms with Gasteiger partial charge in [-0.15, -0.1) is 0 Å². The molecule has 2 aromatic rings. The zero-order valence-corrected chi connectivity index (χ0v) is 17.8. The van der Waals surface area contributed by atoms with Gasteiger partial charge in [0.25, 0.3) is 5.69 Å². The van der Waals surface area contributed by atoms with Crippen LogP contribution < -0.4 is 19.6 Å². The molecular formula is C22H29N7O2. The molecule has 1 aromatic heterocycles. The predicted octanol–water partition coefficient (Wildman–Crippen LogP) is 2.91. The van der Waals surface area contributed by atoms with Crippen LogP contribution in [0.5, 0.6) is 0 Å². The molecular weight excluding hydrogens is 394 g/mol. The van der Waals surface area contributed by atoms with Gasteiger partial charge < -0.3 is 19.6 Å². The summed E-state index contributed by atoms with van der Waals surface area (Å²) in [6.45, 7) is 7.68. The molecule has 31 heavy (non-hydrogen) atoms. The maximum absolute atomic E-state index is 10.9. The Bertz CT molecular complexity index is 882. The minimum absolute atomic E-state index is 0.132. The monoisotopic (exact) mass is 423 g/mol. The van der Waals surface area contributed by atoms with E-state index in [1.807, 2.05) is 12.1 Å². The molecule has 0 bridgehead atoms. The summed E-state index contributed by atoms with van der Waals surface area (Å²) < 4.78 is 0. The second kappa shape index (κ2) is 8.56. The molecule has 0 atom stereocenters. The maximum Gasteiger partial charge on any atom is 0.269 e. The molecule has 3 saturated heterocycles. The van der Waals surface area contributed by atoms with Crippen molar-refractivity contribution in [3.05, 3.63) is 40.4 Å². The zero-order chi connectivity index (χ0) is 21.2. The summed E-state index contributed by atoms with van der Waals surface area (Å²) in [6.07, 6.45) is 4.87. The van der Waals surface area contributed by atoms with Crippen LogP contribution in [0, 0.1) is 10.1 Å². The molecule has 3 fully saturated rings. The molecule has 0 aliphatic carbocycles. The van der Waals surface area contributed by atoms with Crippen molar-refractivity contribution in [1.29, 1.82) is 0 Å². The summed E-state index contributed by atoms with van der Waals surface area (Å²) >= 11 is 0. The van der Waals surface area contributed by atoms with E-state index in [2.05, 4.69) is 25.7 Å². The number of rotatable bonds is 5. The summed E-state index contributed by atoms with van der Waals surface area (Å²) in [6, 6.07) is 9.00. The summed E-state index contributed by atoms with van der Waals surface area (Å²) in [5, 5.41) is 10.9. The Balaban J connectivity index is 1.32. The van der Waals surface area contributed by atoms with Crippen LogP contribution in [0.15, 0.2) is 30.3 Å². The second-order valence-electron chi connectivity index (χ2n) is 8.52. The number of benzene rings is 1. The summed E-state index contributed by atoms with van der Waals surface area (Å²) in [7, 11) is 0. The van der Waals surface area contributed by atoms with Crippen LogP contribution in [0.3, 0.4) is 0 Å². The lowest BCUT2D eigenvalue weighted by Crippen LogP contribution is -2.47. The largest absolute Gasteiger partial charge is 0.368 e. The molecule has 0 saturated carbocycles. The van der Waals surface area contributed by atoms with Crippen LogP contribution >= 0.6 is 0 Å². The lowest BCUT2D eigenvalue weighted by molar-refractivity contribution is -0.384. The van der Waals surface area contributed by atoms with Gasteiger partial charge in [-0.2, -0.15) is 9.97 Å². The molecule has 0 amide bonds. The third-order valence-corrected chi connectivity index (χ3v) is 6.54. The Morgan fingerprint density at radius 2 is 1.16 bits per heavy atom. The van der Waals surface area contributed by atoms with Gasteiger partial charge in [0, 0.05) is 76.2 Å². The predicted molar refractivity (Wildman–Crippen MR) is 122 cm³/mol. The SMILES string of the molecule is O=[N+]([O-])c1ccc(N2CCN(c3cc(N4CCCC4)nc(N4CCCC4)n3)CC2)cc1. The van der Waals surface area contributed by atoms with Crippen LogP contribution in [-0.2, 0) is 0 Å². The maximum atomic E-state index is 10.9. The van der Waals surface area contributed by atoms with E-state index < -0.39 is 0 Å². The Kier molecular flexibility index (Phi) is 5.48. The first-order valence-corrected chi connectivity index (χ1v) is 11.3. The lowest BCUT2D eigenvalue weighted by Gasteiger charge is -2.37. The quantitative estimate of drug-likeness (QED) is 0.536. The number of nitro benzene ring substituents is 1. The first kappa shape index (κ1) is 19.8. The van der Waals surface area contributed by atoms with E-state index in [-0.39, 0.29) is 10.6 Å². The third kappa shape index (κ3) is 4.22. The third-order valence-electron chi connectivity index (χ3n) is 6.54. The van der Waals surface area contributed by atoms with Gasteiger partial charge in [-0.3, -0.25) is 10.1 Å². The number of non-ortho nitro benzene ring substituents is 1. The Morgan fingerprint density at radius 3 is 1.71 bits per heavy atom. The highest BCUT2D eigenvalue weighted by Crippen LogP contribution is 2.28. The van der Waals surface area contributed by atoms with E-state index in [0.717, 1.165) is 75.6 Å². The van der Waals surface area contributed by atoms with Gasteiger partial charge in [0.05, 0.1) is 4.92 Å². The standard InChI is InChI=1S/C22H29N7O2/c30-29(31)19-7-5-18(6-8-19)25-13-15-27(16-14-25)21-17-20(26-9-1-2-10-26)23-22(24-21)28-11-3-4-12-28/h5-8,17H,1-4,9-16H2. The van der Waals surface area contributed by atoms with Gasteiger partial charge in [-0.05, 0) is 37.8 Å². The van der Waals surface area contributed by atoms with Gasteiger partial charge in [0.2, 0.25) is 5.95 Å². The van der Waals surface area contributed by atoms with E-state index >= 15 is 0 Å². The van der Waals surface area contributed by atoms with Gasteiger partial charge in [-0.25, -0.2) is 0 Å². The molecule has 9 nitrogen and oxygen atoms in total. The van der Waals surface area contributed by atoms with Crippen molar-refractivity contribution in [2.45, 2.75) is 25.7 Å². The summed E-state index contributed by atoms with van der Waals surface area (Å²) in [4.78, 5) is 29.8. The Hall–Kier alpha value is -3.10. The van der Waals surface area contributed by atoms with Crippen LogP contribution in [0.1, 0.15) is 25.7 Å². The van der Waals surface area contributed by atoms with Crippen molar-refractivity contribution in [3.8, 4) is 0 Å². The van der Waals surface area contributed by atoms with Gasteiger partial charge >= 0.3 is 0 Å². The molecule has 0 spiro atoms. The minimum Gasteiger partial charge on any atom is -0.368 e. The van der Waals surface area contributed by atoms with Gasteiger partial charge in [0.1, 0.15) is 11.6 Å². The van der Waals surface area contributed by atoms with Crippen LogP contribution in [0.2, 0.25) is 0 Å². The van der Waals surface area contributed by atoms with Crippen molar-refractivity contribution in [2.24, 2.45) is 0 Å². The summed E-state index contributed by atoms with van der Waals surface area (Å²) in [5.41, 5.74) is 1.16. The molecule has 4 heterocycles.